The average Bonchev–Trinajstić information content (AvgIpc) is 2.09. The van der Waals surface area contributed by atoms with Crippen molar-refractivity contribution in [2.24, 2.45) is 5.73 Å². The highest BCUT2D eigenvalue weighted by molar-refractivity contribution is 6.11. The minimum absolute atomic E-state index is 0.868. The van der Waals surface area contributed by atoms with Gasteiger partial charge >= 0.3 is 0 Å². The highest BCUT2D eigenvalue weighted by Crippen LogP contribution is 2.12. The summed E-state index contributed by atoms with van der Waals surface area (Å²) in [5, 5.41) is 0. The second-order valence-corrected chi connectivity index (χ2v) is 4.45. The van der Waals surface area contributed by atoms with Gasteiger partial charge in [0.25, 0.3) is 0 Å². The smallest absolute Gasteiger partial charge is 0.105 e. The Morgan fingerprint density at radius 2 is 1.38 bits per heavy atom. The van der Waals surface area contributed by atoms with E-state index in [-0.39, 0.29) is 0 Å². The molecule has 0 heterocycles. The molecule has 0 aliphatic rings. The molecule has 0 fully saturated rings. The standard InChI is InChI=1S/C11H26BN/c1-11(12)9-7-5-3-2-4-6-8-10-13/h11H,2-10,12-13H2,1H3. The van der Waals surface area contributed by atoms with E-state index in [1.54, 1.807) is 0 Å². The first-order valence-electron chi connectivity index (χ1n) is 5.97. The molecular weight excluding hydrogens is 157 g/mol. The van der Waals surface area contributed by atoms with Crippen molar-refractivity contribution in [3.8, 4) is 0 Å². The molecule has 0 amide bonds. The quantitative estimate of drug-likeness (QED) is 0.431. The number of nitrogens with two attached hydrogens (primary N) is 1. The first-order chi connectivity index (χ1) is 6.27. The van der Waals surface area contributed by atoms with Crippen molar-refractivity contribution < 1.29 is 0 Å². The second kappa shape index (κ2) is 10.1. The summed E-state index contributed by atoms with van der Waals surface area (Å²) in [6, 6.07) is 0. The van der Waals surface area contributed by atoms with E-state index in [2.05, 4.69) is 14.8 Å². The van der Waals surface area contributed by atoms with Gasteiger partial charge in [0, 0.05) is 0 Å². The van der Waals surface area contributed by atoms with Gasteiger partial charge in [0.1, 0.15) is 7.85 Å². The molecule has 0 aliphatic carbocycles. The Kier molecular flexibility index (Phi) is 10.1. The zero-order valence-corrected chi connectivity index (χ0v) is 9.52. The summed E-state index contributed by atoms with van der Waals surface area (Å²) < 4.78 is 0. The van der Waals surface area contributed by atoms with E-state index in [4.69, 9.17) is 5.73 Å². The molecule has 1 atom stereocenters. The first-order valence-corrected chi connectivity index (χ1v) is 5.97. The third kappa shape index (κ3) is 12.0. The van der Waals surface area contributed by atoms with Crippen LogP contribution in [0.5, 0.6) is 0 Å². The SMILES string of the molecule is BC(C)CCCCCCCCCN. The molecule has 0 saturated heterocycles. The summed E-state index contributed by atoms with van der Waals surface area (Å²) in [5.41, 5.74) is 5.42. The Labute approximate surface area is 84.9 Å². The lowest BCUT2D eigenvalue weighted by Gasteiger charge is -2.03. The normalized spacial score (nSPS) is 13.1. The van der Waals surface area contributed by atoms with E-state index in [0.29, 0.717) is 0 Å². The van der Waals surface area contributed by atoms with Crippen LogP contribution < -0.4 is 5.73 Å². The van der Waals surface area contributed by atoms with Gasteiger partial charge in [-0.1, -0.05) is 57.7 Å². The van der Waals surface area contributed by atoms with E-state index in [0.717, 1.165) is 12.4 Å². The highest BCUT2D eigenvalue weighted by Gasteiger charge is 1.94. The van der Waals surface area contributed by atoms with Gasteiger partial charge in [0.15, 0.2) is 0 Å². The lowest BCUT2D eigenvalue weighted by Crippen LogP contribution is -1.97. The number of unbranched alkanes of at least 4 members (excludes halogenated alkanes) is 6. The van der Waals surface area contributed by atoms with Crippen LogP contribution in [-0.4, -0.2) is 14.4 Å². The Hall–Kier alpha value is 0.0249. The maximum atomic E-state index is 5.42. The van der Waals surface area contributed by atoms with Crippen molar-refractivity contribution in [3.05, 3.63) is 0 Å². The van der Waals surface area contributed by atoms with Gasteiger partial charge in [0.05, 0.1) is 0 Å². The van der Waals surface area contributed by atoms with Crippen molar-refractivity contribution in [2.45, 2.75) is 64.1 Å². The monoisotopic (exact) mass is 183 g/mol. The largest absolute Gasteiger partial charge is 0.330 e. The Bertz CT molecular complexity index is 94.1. The van der Waals surface area contributed by atoms with Crippen LogP contribution in [0.3, 0.4) is 0 Å². The molecule has 78 valence electrons. The fourth-order valence-electron chi connectivity index (χ4n) is 1.58. The number of hydrogen-bond acceptors (Lipinski definition) is 1. The van der Waals surface area contributed by atoms with E-state index in [9.17, 15) is 0 Å². The third-order valence-corrected chi connectivity index (χ3v) is 2.49. The zero-order valence-electron chi connectivity index (χ0n) is 9.52. The van der Waals surface area contributed by atoms with Crippen LogP contribution in [0.25, 0.3) is 0 Å². The van der Waals surface area contributed by atoms with Gasteiger partial charge in [-0.2, -0.15) is 0 Å². The van der Waals surface area contributed by atoms with Gasteiger partial charge < -0.3 is 5.73 Å². The fraction of sp³-hybridized carbons (Fsp3) is 1.00. The summed E-state index contributed by atoms with van der Waals surface area (Å²) in [5.74, 6) is 0.886. The molecular formula is C11H26BN. The molecule has 0 aromatic rings. The molecule has 0 aromatic heterocycles. The van der Waals surface area contributed by atoms with Crippen molar-refractivity contribution in [3.63, 3.8) is 0 Å². The molecule has 1 unspecified atom stereocenters. The molecule has 13 heavy (non-hydrogen) atoms. The van der Waals surface area contributed by atoms with Gasteiger partial charge in [-0.25, -0.2) is 0 Å². The average molecular weight is 183 g/mol. The predicted molar refractivity (Wildman–Crippen MR) is 64.0 cm³/mol. The maximum absolute atomic E-state index is 5.42. The van der Waals surface area contributed by atoms with Gasteiger partial charge in [0.2, 0.25) is 0 Å². The van der Waals surface area contributed by atoms with Gasteiger partial charge in [-0.15, -0.1) is 0 Å². The maximum Gasteiger partial charge on any atom is 0.105 e. The van der Waals surface area contributed by atoms with Crippen LogP contribution >= 0.6 is 0 Å². The van der Waals surface area contributed by atoms with Crippen molar-refractivity contribution in [1.82, 2.24) is 0 Å². The van der Waals surface area contributed by atoms with Crippen molar-refractivity contribution in [1.29, 1.82) is 0 Å². The minimum atomic E-state index is 0.868. The summed E-state index contributed by atoms with van der Waals surface area (Å²) in [6.07, 6.45) is 11.0. The molecule has 0 aliphatic heterocycles. The minimum Gasteiger partial charge on any atom is -0.330 e. The predicted octanol–water partition coefficient (Wildman–Crippen LogP) is 2.51. The van der Waals surface area contributed by atoms with E-state index in [1.807, 2.05) is 0 Å². The Balaban J connectivity index is 2.84. The Morgan fingerprint density at radius 3 is 1.85 bits per heavy atom. The third-order valence-electron chi connectivity index (χ3n) is 2.49. The number of hydrogen-bond donors (Lipinski definition) is 1. The first kappa shape index (κ1) is 13.0. The van der Waals surface area contributed by atoms with E-state index in [1.165, 1.54) is 51.4 Å². The van der Waals surface area contributed by atoms with Gasteiger partial charge in [-0.05, 0) is 13.0 Å². The topological polar surface area (TPSA) is 26.0 Å². The molecule has 1 nitrogen and oxygen atoms in total. The molecule has 0 radical (unpaired) electrons. The summed E-state index contributed by atoms with van der Waals surface area (Å²) >= 11 is 0. The summed E-state index contributed by atoms with van der Waals surface area (Å²) in [6.45, 7) is 3.18. The van der Waals surface area contributed by atoms with Crippen LogP contribution in [0.1, 0.15) is 58.3 Å². The molecule has 0 rings (SSSR count). The lowest BCUT2D eigenvalue weighted by atomic mass is 9.85. The van der Waals surface area contributed by atoms with Crippen LogP contribution in [0.2, 0.25) is 5.82 Å². The molecule has 0 spiro atoms. The highest BCUT2D eigenvalue weighted by atomic mass is 14.5. The van der Waals surface area contributed by atoms with Crippen molar-refractivity contribution >= 4 is 7.85 Å². The zero-order chi connectivity index (χ0) is 9.94. The van der Waals surface area contributed by atoms with Crippen LogP contribution in [0.15, 0.2) is 0 Å². The fourth-order valence-corrected chi connectivity index (χ4v) is 1.58. The van der Waals surface area contributed by atoms with Crippen LogP contribution in [0.4, 0.5) is 0 Å². The Morgan fingerprint density at radius 1 is 0.923 bits per heavy atom. The van der Waals surface area contributed by atoms with Crippen molar-refractivity contribution in [2.75, 3.05) is 6.54 Å². The summed E-state index contributed by atoms with van der Waals surface area (Å²) in [4.78, 5) is 0. The second-order valence-electron chi connectivity index (χ2n) is 4.45. The van der Waals surface area contributed by atoms with Gasteiger partial charge in [-0.3, -0.25) is 0 Å². The van der Waals surface area contributed by atoms with Crippen LogP contribution in [-0.2, 0) is 0 Å². The molecule has 0 saturated carbocycles. The van der Waals surface area contributed by atoms with E-state index >= 15 is 0 Å². The molecule has 2 heteroatoms. The van der Waals surface area contributed by atoms with Crippen LogP contribution in [0, 0.1) is 0 Å². The molecule has 0 aromatic carbocycles. The lowest BCUT2D eigenvalue weighted by molar-refractivity contribution is 0.567. The van der Waals surface area contributed by atoms with E-state index < -0.39 is 0 Å². The molecule has 0 bridgehead atoms. The summed E-state index contributed by atoms with van der Waals surface area (Å²) in [7, 11) is 2.31. The number of rotatable bonds is 9. The molecule has 2 N–H and O–H groups in total.